The number of nitrogen functional groups attached to an aromatic ring is 1. The minimum atomic E-state index is -0.324. The SMILES string of the molecule is CC1(C)C=C(CC(=O)N2CCOC(c3ncncc3-c3ccnc(N)c3)C2)CC(C)(C)N1. The predicted molar refractivity (Wildman–Crippen MR) is 124 cm³/mol. The molecule has 0 radical (unpaired) electrons. The van der Waals surface area contributed by atoms with E-state index < -0.39 is 0 Å². The van der Waals surface area contributed by atoms with E-state index in [4.69, 9.17) is 10.5 Å². The number of hydrogen-bond donors (Lipinski definition) is 2. The highest BCUT2D eigenvalue weighted by molar-refractivity contribution is 5.79. The lowest BCUT2D eigenvalue weighted by Gasteiger charge is -2.41. The molecule has 2 aliphatic heterocycles. The fraction of sp³-hybridized carbons (Fsp3) is 0.500. The van der Waals surface area contributed by atoms with Crippen molar-refractivity contribution in [1.29, 1.82) is 0 Å². The highest BCUT2D eigenvalue weighted by Gasteiger charge is 2.34. The second kappa shape index (κ2) is 8.60. The van der Waals surface area contributed by atoms with Crippen molar-refractivity contribution >= 4 is 11.7 Å². The van der Waals surface area contributed by atoms with Gasteiger partial charge in [-0.15, -0.1) is 0 Å². The minimum absolute atomic E-state index is 0.0380. The Labute approximate surface area is 189 Å². The van der Waals surface area contributed by atoms with Crippen LogP contribution in [0.1, 0.15) is 52.3 Å². The van der Waals surface area contributed by atoms with E-state index >= 15 is 0 Å². The number of nitrogens with zero attached hydrogens (tertiary/aromatic N) is 4. The summed E-state index contributed by atoms with van der Waals surface area (Å²) in [5.41, 5.74) is 9.35. The summed E-state index contributed by atoms with van der Waals surface area (Å²) < 4.78 is 6.04. The predicted octanol–water partition coefficient (Wildman–Crippen LogP) is 2.89. The fourth-order valence-electron chi connectivity index (χ4n) is 4.98. The molecule has 32 heavy (non-hydrogen) atoms. The van der Waals surface area contributed by atoms with Crippen molar-refractivity contribution in [3.8, 4) is 11.1 Å². The third-order valence-electron chi connectivity index (χ3n) is 5.83. The van der Waals surface area contributed by atoms with Crippen molar-refractivity contribution in [2.75, 3.05) is 25.4 Å². The summed E-state index contributed by atoms with van der Waals surface area (Å²) in [6.07, 6.45) is 8.09. The highest BCUT2D eigenvalue weighted by atomic mass is 16.5. The molecule has 1 fully saturated rings. The highest BCUT2D eigenvalue weighted by Crippen LogP contribution is 2.32. The first-order valence-electron chi connectivity index (χ1n) is 11.0. The van der Waals surface area contributed by atoms with Gasteiger partial charge in [0, 0.05) is 42.0 Å². The Balaban J connectivity index is 1.51. The second-order valence-corrected chi connectivity index (χ2v) is 9.88. The third-order valence-corrected chi connectivity index (χ3v) is 5.83. The fourth-order valence-corrected chi connectivity index (χ4v) is 4.98. The first-order valence-corrected chi connectivity index (χ1v) is 11.0. The van der Waals surface area contributed by atoms with Gasteiger partial charge >= 0.3 is 0 Å². The molecule has 0 bridgehead atoms. The number of pyridine rings is 1. The molecule has 170 valence electrons. The van der Waals surface area contributed by atoms with Crippen LogP contribution in [-0.2, 0) is 9.53 Å². The molecule has 8 heteroatoms. The quantitative estimate of drug-likeness (QED) is 0.710. The van der Waals surface area contributed by atoms with Crippen LogP contribution in [0.15, 0.2) is 42.5 Å². The van der Waals surface area contributed by atoms with Gasteiger partial charge in [-0.25, -0.2) is 15.0 Å². The van der Waals surface area contributed by atoms with E-state index in [9.17, 15) is 4.79 Å². The molecule has 1 unspecified atom stereocenters. The zero-order valence-electron chi connectivity index (χ0n) is 19.3. The number of amides is 1. The van der Waals surface area contributed by atoms with Crippen LogP contribution in [0, 0.1) is 0 Å². The molecule has 1 saturated heterocycles. The summed E-state index contributed by atoms with van der Waals surface area (Å²) in [5, 5.41) is 3.62. The van der Waals surface area contributed by atoms with Crippen LogP contribution in [0.2, 0.25) is 0 Å². The number of carbonyl (C=O) groups excluding carboxylic acids is 1. The lowest BCUT2D eigenvalue weighted by atomic mass is 9.82. The van der Waals surface area contributed by atoms with E-state index in [1.807, 2.05) is 11.0 Å². The number of nitrogens with one attached hydrogen (secondary N) is 1. The standard InChI is InChI=1S/C24H32N6O2/c1-23(2)11-16(12-24(3,4)29-23)9-21(31)30-7-8-32-19(14-30)22-18(13-26-15-28-22)17-5-6-27-20(25)10-17/h5-6,10-11,13,15,19,29H,7-9,12,14H2,1-4H3,(H2,25,27). The Kier molecular flexibility index (Phi) is 6.01. The summed E-state index contributed by atoms with van der Waals surface area (Å²) >= 11 is 0. The monoisotopic (exact) mass is 436 g/mol. The number of nitrogens with two attached hydrogens (primary N) is 1. The van der Waals surface area contributed by atoms with Gasteiger partial charge in [0.05, 0.1) is 18.8 Å². The average Bonchev–Trinajstić information content (AvgIpc) is 2.71. The molecule has 0 aliphatic carbocycles. The van der Waals surface area contributed by atoms with Crippen molar-refractivity contribution in [3.05, 3.63) is 48.2 Å². The topological polar surface area (TPSA) is 106 Å². The molecule has 8 nitrogen and oxygen atoms in total. The molecule has 0 saturated carbocycles. The summed E-state index contributed by atoms with van der Waals surface area (Å²) in [6.45, 7) is 10.2. The van der Waals surface area contributed by atoms with Gasteiger partial charge in [0.1, 0.15) is 18.2 Å². The van der Waals surface area contributed by atoms with E-state index in [0.717, 1.165) is 23.2 Å². The molecule has 3 N–H and O–H groups in total. The maximum atomic E-state index is 13.2. The molecule has 0 spiro atoms. The van der Waals surface area contributed by atoms with Crippen molar-refractivity contribution in [2.24, 2.45) is 0 Å². The molecular formula is C24H32N6O2. The summed E-state index contributed by atoms with van der Waals surface area (Å²) in [7, 11) is 0. The van der Waals surface area contributed by atoms with Crippen LogP contribution in [-0.4, -0.2) is 56.5 Å². The zero-order chi connectivity index (χ0) is 22.9. The number of carbonyl (C=O) groups is 1. The van der Waals surface area contributed by atoms with Gasteiger partial charge in [-0.3, -0.25) is 4.79 Å². The van der Waals surface area contributed by atoms with Crippen LogP contribution >= 0.6 is 0 Å². The maximum Gasteiger partial charge on any atom is 0.226 e. The lowest BCUT2D eigenvalue weighted by molar-refractivity contribution is -0.138. The largest absolute Gasteiger partial charge is 0.384 e. The summed E-state index contributed by atoms with van der Waals surface area (Å²) in [6, 6.07) is 3.67. The summed E-state index contributed by atoms with van der Waals surface area (Å²) in [4.78, 5) is 27.9. The van der Waals surface area contributed by atoms with E-state index in [0.29, 0.717) is 31.9 Å². The molecule has 0 aromatic carbocycles. The maximum absolute atomic E-state index is 13.2. The van der Waals surface area contributed by atoms with Gasteiger partial charge in [-0.1, -0.05) is 11.6 Å². The number of ether oxygens (including phenoxy) is 1. The van der Waals surface area contributed by atoms with Crippen LogP contribution in [0.3, 0.4) is 0 Å². The van der Waals surface area contributed by atoms with E-state index in [-0.39, 0.29) is 23.1 Å². The van der Waals surface area contributed by atoms with E-state index in [1.54, 1.807) is 18.5 Å². The number of morpholine rings is 1. The molecule has 4 rings (SSSR count). The number of hydrogen-bond acceptors (Lipinski definition) is 7. The van der Waals surface area contributed by atoms with E-state index in [2.05, 4.69) is 54.0 Å². The van der Waals surface area contributed by atoms with Gasteiger partial charge in [0.25, 0.3) is 0 Å². The molecule has 2 aromatic heterocycles. The smallest absolute Gasteiger partial charge is 0.226 e. The third kappa shape index (κ3) is 5.14. The lowest BCUT2D eigenvalue weighted by Crippen LogP contribution is -2.54. The zero-order valence-corrected chi connectivity index (χ0v) is 19.3. The van der Waals surface area contributed by atoms with Crippen molar-refractivity contribution < 1.29 is 9.53 Å². The summed E-state index contributed by atoms with van der Waals surface area (Å²) in [5.74, 6) is 0.557. The molecule has 2 aliphatic rings. The van der Waals surface area contributed by atoms with Gasteiger partial charge < -0.3 is 20.7 Å². The number of rotatable bonds is 4. The van der Waals surface area contributed by atoms with Gasteiger partial charge in [-0.2, -0.15) is 0 Å². The van der Waals surface area contributed by atoms with Crippen LogP contribution < -0.4 is 11.1 Å². The Hall–Kier alpha value is -2.84. The van der Waals surface area contributed by atoms with Crippen molar-refractivity contribution in [2.45, 2.75) is 57.7 Å². The van der Waals surface area contributed by atoms with Crippen LogP contribution in [0.5, 0.6) is 0 Å². The van der Waals surface area contributed by atoms with Crippen LogP contribution in [0.4, 0.5) is 5.82 Å². The minimum Gasteiger partial charge on any atom is -0.384 e. The van der Waals surface area contributed by atoms with Gasteiger partial charge in [0.2, 0.25) is 5.91 Å². The van der Waals surface area contributed by atoms with Gasteiger partial charge in [0.15, 0.2) is 0 Å². The number of aromatic nitrogens is 3. The molecule has 1 amide bonds. The Bertz CT molecular complexity index is 1030. The normalized spacial score (nSPS) is 22.3. The Morgan fingerprint density at radius 3 is 2.88 bits per heavy atom. The molecular weight excluding hydrogens is 404 g/mol. The van der Waals surface area contributed by atoms with Crippen LogP contribution in [0.25, 0.3) is 11.1 Å². The average molecular weight is 437 g/mol. The molecule has 1 atom stereocenters. The van der Waals surface area contributed by atoms with E-state index in [1.165, 1.54) is 11.9 Å². The van der Waals surface area contributed by atoms with Crippen molar-refractivity contribution in [3.63, 3.8) is 0 Å². The first-order chi connectivity index (χ1) is 15.1. The first kappa shape index (κ1) is 22.4. The Morgan fingerprint density at radius 1 is 1.31 bits per heavy atom. The second-order valence-electron chi connectivity index (χ2n) is 9.88. The molecule has 2 aromatic rings. The molecule has 4 heterocycles. The van der Waals surface area contributed by atoms with Crippen molar-refractivity contribution in [1.82, 2.24) is 25.2 Å². The Morgan fingerprint density at radius 2 is 2.12 bits per heavy atom. The number of anilines is 1. The van der Waals surface area contributed by atoms with Gasteiger partial charge in [-0.05, 0) is 51.8 Å².